The number of carbonyl (C=O) groups excluding carboxylic acids is 1. The van der Waals surface area contributed by atoms with E-state index >= 15 is 0 Å². The highest BCUT2D eigenvalue weighted by molar-refractivity contribution is 7.12. The SMILES string of the molecule is Cc1ccc2[nH]c(=O)c(CN(Cc3cccnc3)C(=O)c3cccs3)cc2c1. The molecule has 0 fully saturated rings. The standard InChI is InChI=1S/C22H19N3O2S/c1-15-6-7-19-17(10-15)11-18(21(26)24-19)14-25(13-16-4-2-8-23-12-16)22(27)20-5-3-9-28-20/h2-12H,13-14H2,1H3,(H,24,26). The third-order valence-corrected chi connectivity index (χ3v) is 5.41. The van der Waals surface area contributed by atoms with Gasteiger partial charge in [-0.1, -0.05) is 23.8 Å². The number of aryl methyl sites for hydroxylation is 1. The maximum Gasteiger partial charge on any atom is 0.264 e. The molecule has 1 aromatic carbocycles. The summed E-state index contributed by atoms with van der Waals surface area (Å²) in [5.74, 6) is -0.0948. The van der Waals surface area contributed by atoms with Gasteiger partial charge in [0.1, 0.15) is 0 Å². The Morgan fingerprint density at radius 2 is 2.04 bits per heavy atom. The third-order valence-electron chi connectivity index (χ3n) is 4.55. The molecule has 28 heavy (non-hydrogen) atoms. The zero-order valence-corrected chi connectivity index (χ0v) is 16.2. The molecule has 0 spiro atoms. The van der Waals surface area contributed by atoms with Gasteiger partial charge in [0.25, 0.3) is 11.5 Å². The fraction of sp³-hybridized carbons (Fsp3) is 0.136. The van der Waals surface area contributed by atoms with Gasteiger partial charge in [-0.2, -0.15) is 0 Å². The number of amides is 1. The first-order valence-corrected chi connectivity index (χ1v) is 9.82. The number of benzene rings is 1. The van der Waals surface area contributed by atoms with Gasteiger partial charge >= 0.3 is 0 Å². The number of nitrogens with one attached hydrogen (secondary N) is 1. The molecule has 3 aromatic heterocycles. The van der Waals surface area contributed by atoms with E-state index in [2.05, 4.69) is 9.97 Å². The Morgan fingerprint density at radius 1 is 1.14 bits per heavy atom. The summed E-state index contributed by atoms with van der Waals surface area (Å²) in [7, 11) is 0. The second-order valence-corrected chi connectivity index (χ2v) is 7.66. The Hall–Kier alpha value is -3.25. The summed E-state index contributed by atoms with van der Waals surface area (Å²) < 4.78 is 0. The molecule has 0 unspecified atom stereocenters. The number of hydrogen-bond acceptors (Lipinski definition) is 4. The molecule has 0 bridgehead atoms. The van der Waals surface area contributed by atoms with Crippen LogP contribution in [-0.4, -0.2) is 20.8 Å². The van der Waals surface area contributed by atoms with E-state index in [1.807, 2.05) is 54.8 Å². The molecule has 1 N–H and O–H groups in total. The van der Waals surface area contributed by atoms with Crippen molar-refractivity contribution in [1.82, 2.24) is 14.9 Å². The molecule has 0 atom stereocenters. The molecule has 0 saturated heterocycles. The van der Waals surface area contributed by atoms with Crippen LogP contribution in [0, 0.1) is 6.92 Å². The second-order valence-electron chi connectivity index (χ2n) is 6.71. The first kappa shape index (κ1) is 18.1. The fourth-order valence-corrected chi connectivity index (χ4v) is 3.85. The van der Waals surface area contributed by atoms with E-state index < -0.39 is 0 Å². The van der Waals surface area contributed by atoms with E-state index in [9.17, 15) is 9.59 Å². The number of aromatic amines is 1. The molecule has 4 aromatic rings. The molecule has 3 heterocycles. The molecule has 5 nitrogen and oxygen atoms in total. The topological polar surface area (TPSA) is 66.1 Å². The molecule has 0 aliphatic heterocycles. The number of carbonyl (C=O) groups is 1. The van der Waals surface area contributed by atoms with Gasteiger partial charge in [0.2, 0.25) is 0 Å². The van der Waals surface area contributed by atoms with Crippen molar-refractivity contribution in [2.24, 2.45) is 0 Å². The molecule has 0 aliphatic carbocycles. The first-order chi connectivity index (χ1) is 13.6. The molecular formula is C22H19N3O2S. The Kier molecular flexibility index (Phi) is 5.04. The highest BCUT2D eigenvalue weighted by atomic mass is 32.1. The monoisotopic (exact) mass is 389 g/mol. The Balaban J connectivity index is 1.70. The summed E-state index contributed by atoms with van der Waals surface area (Å²) in [6, 6.07) is 15.2. The van der Waals surface area contributed by atoms with Crippen molar-refractivity contribution in [3.63, 3.8) is 0 Å². The molecule has 1 amide bonds. The number of thiophene rings is 1. The number of hydrogen-bond donors (Lipinski definition) is 1. The summed E-state index contributed by atoms with van der Waals surface area (Å²) in [5, 5.41) is 2.83. The predicted molar refractivity (Wildman–Crippen MR) is 111 cm³/mol. The Morgan fingerprint density at radius 3 is 2.79 bits per heavy atom. The molecule has 6 heteroatoms. The van der Waals surface area contributed by atoms with Crippen LogP contribution in [0.15, 0.2) is 71.1 Å². The van der Waals surface area contributed by atoms with Gasteiger partial charge in [-0.05, 0) is 53.6 Å². The van der Waals surface area contributed by atoms with Crippen LogP contribution < -0.4 is 5.56 Å². The van der Waals surface area contributed by atoms with Crippen molar-refractivity contribution in [3.8, 4) is 0 Å². The highest BCUT2D eigenvalue weighted by Crippen LogP contribution is 2.18. The van der Waals surface area contributed by atoms with Crippen LogP contribution in [0.3, 0.4) is 0 Å². The molecule has 4 rings (SSSR count). The van der Waals surface area contributed by atoms with Crippen LogP contribution in [-0.2, 0) is 13.1 Å². The van der Waals surface area contributed by atoms with E-state index in [4.69, 9.17) is 0 Å². The molecule has 0 saturated carbocycles. The highest BCUT2D eigenvalue weighted by Gasteiger charge is 2.19. The lowest BCUT2D eigenvalue weighted by Crippen LogP contribution is -2.32. The molecule has 140 valence electrons. The first-order valence-electron chi connectivity index (χ1n) is 8.94. The Bertz CT molecular complexity index is 1170. The number of pyridine rings is 2. The third kappa shape index (κ3) is 3.87. The second kappa shape index (κ2) is 7.78. The van der Waals surface area contributed by atoms with Gasteiger partial charge in [0.15, 0.2) is 0 Å². The molecule has 0 aliphatic rings. The van der Waals surface area contributed by atoms with Gasteiger partial charge < -0.3 is 9.88 Å². The van der Waals surface area contributed by atoms with Crippen molar-refractivity contribution in [2.75, 3.05) is 0 Å². The fourth-order valence-electron chi connectivity index (χ4n) is 3.16. The van der Waals surface area contributed by atoms with E-state index in [1.165, 1.54) is 11.3 Å². The molecular weight excluding hydrogens is 370 g/mol. The van der Waals surface area contributed by atoms with E-state index in [1.54, 1.807) is 23.4 Å². The summed E-state index contributed by atoms with van der Waals surface area (Å²) in [6.45, 7) is 2.62. The summed E-state index contributed by atoms with van der Waals surface area (Å²) in [5.41, 5.74) is 3.22. The summed E-state index contributed by atoms with van der Waals surface area (Å²) >= 11 is 1.40. The van der Waals surface area contributed by atoms with Crippen LogP contribution in [0.5, 0.6) is 0 Å². The minimum atomic E-state index is -0.175. The van der Waals surface area contributed by atoms with Crippen LogP contribution in [0.4, 0.5) is 0 Å². The normalized spacial score (nSPS) is 10.9. The van der Waals surface area contributed by atoms with Crippen molar-refractivity contribution >= 4 is 28.1 Å². The number of nitrogens with zero attached hydrogens (tertiary/aromatic N) is 2. The zero-order valence-electron chi connectivity index (χ0n) is 15.4. The van der Waals surface area contributed by atoms with Gasteiger partial charge in [0.05, 0.1) is 11.4 Å². The van der Waals surface area contributed by atoms with Gasteiger partial charge in [-0.25, -0.2) is 0 Å². The lowest BCUT2D eigenvalue weighted by molar-refractivity contribution is 0.0734. The predicted octanol–water partition coefficient (Wildman–Crippen LogP) is 4.14. The van der Waals surface area contributed by atoms with Gasteiger partial charge in [-0.3, -0.25) is 14.6 Å². The van der Waals surface area contributed by atoms with E-state index in [0.717, 1.165) is 22.0 Å². The van der Waals surface area contributed by atoms with Crippen LogP contribution in [0.25, 0.3) is 10.9 Å². The van der Waals surface area contributed by atoms with Crippen molar-refractivity contribution in [1.29, 1.82) is 0 Å². The number of H-pyrrole nitrogens is 1. The van der Waals surface area contributed by atoms with Crippen LogP contribution >= 0.6 is 11.3 Å². The number of rotatable bonds is 5. The van der Waals surface area contributed by atoms with Gasteiger partial charge in [0, 0.05) is 30.0 Å². The van der Waals surface area contributed by atoms with E-state index in [-0.39, 0.29) is 18.0 Å². The summed E-state index contributed by atoms with van der Waals surface area (Å²) in [6.07, 6.45) is 3.44. The van der Waals surface area contributed by atoms with Gasteiger partial charge in [-0.15, -0.1) is 11.3 Å². The minimum absolute atomic E-state index is 0.0948. The smallest absolute Gasteiger partial charge is 0.264 e. The zero-order chi connectivity index (χ0) is 19.5. The quantitative estimate of drug-likeness (QED) is 0.558. The number of aromatic nitrogens is 2. The largest absolute Gasteiger partial charge is 0.329 e. The average Bonchev–Trinajstić information content (AvgIpc) is 3.23. The van der Waals surface area contributed by atoms with Crippen molar-refractivity contribution in [3.05, 3.63) is 98.2 Å². The van der Waals surface area contributed by atoms with Crippen molar-refractivity contribution < 1.29 is 4.79 Å². The van der Waals surface area contributed by atoms with Crippen LogP contribution in [0.1, 0.15) is 26.4 Å². The summed E-state index contributed by atoms with van der Waals surface area (Å²) in [4.78, 5) is 35.1. The average molecular weight is 389 g/mol. The van der Waals surface area contributed by atoms with Crippen LogP contribution in [0.2, 0.25) is 0 Å². The lowest BCUT2D eigenvalue weighted by atomic mass is 10.1. The minimum Gasteiger partial charge on any atom is -0.329 e. The Labute approximate surface area is 166 Å². The maximum absolute atomic E-state index is 13.0. The number of fused-ring (bicyclic) bond motifs is 1. The molecule has 0 radical (unpaired) electrons. The maximum atomic E-state index is 13.0. The van der Waals surface area contributed by atoms with Crippen molar-refractivity contribution in [2.45, 2.75) is 20.0 Å². The lowest BCUT2D eigenvalue weighted by Gasteiger charge is -2.22. The van der Waals surface area contributed by atoms with E-state index in [0.29, 0.717) is 17.0 Å².